The van der Waals surface area contributed by atoms with E-state index in [0.717, 1.165) is 25.7 Å². The van der Waals surface area contributed by atoms with Crippen molar-refractivity contribution in [2.45, 2.75) is 49.1 Å². The Kier molecular flexibility index (Phi) is 4.20. The molecule has 1 aliphatic carbocycles. The first-order valence-corrected chi connectivity index (χ1v) is 8.43. The molecule has 0 radical (unpaired) electrons. The van der Waals surface area contributed by atoms with E-state index in [1.807, 2.05) is 24.3 Å². The Morgan fingerprint density at radius 1 is 1.36 bits per heavy atom. The van der Waals surface area contributed by atoms with Crippen LogP contribution >= 0.6 is 11.8 Å². The van der Waals surface area contributed by atoms with Crippen molar-refractivity contribution in [3.05, 3.63) is 34.6 Å². The highest BCUT2D eigenvalue weighted by atomic mass is 32.2. The SMILES string of the molecule is CC(Sc1nc2ccccc2c(=O)n1C1CCCC1)C(N)=O. The predicted octanol–water partition coefficient (Wildman–Crippen LogP) is 2.48. The summed E-state index contributed by atoms with van der Waals surface area (Å²) < 4.78 is 1.78. The summed E-state index contributed by atoms with van der Waals surface area (Å²) in [6.45, 7) is 1.74. The minimum Gasteiger partial charge on any atom is -0.369 e. The first kappa shape index (κ1) is 15.1. The van der Waals surface area contributed by atoms with Gasteiger partial charge in [0.1, 0.15) is 0 Å². The molecule has 1 amide bonds. The number of rotatable bonds is 4. The van der Waals surface area contributed by atoms with Crippen molar-refractivity contribution in [1.82, 2.24) is 9.55 Å². The van der Waals surface area contributed by atoms with E-state index in [1.165, 1.54) is 11.8 Å². The van der Waals surface area contributed by atoms with E-state index in [4.69, 9.17) is 5.73 Å². The molecule has 116 valence electrons. The number of primary amides is 1. The van der Waals surface area contributed by atoms with Crippen LogP contribution in [0.1, 0.15) is 38.6 Å². The highest BCUT2D eigenvalue weighted by Gasteiger charge is 2.24. The summed E-state index contributed by atoms with van der Waals surface area (Å²) in [6, 6.07) is 7.52. The number of amides is 1. The summed E-state index contributed by atoms with van der Waals surface area (Å²) in [5, 5.41) is 0.813. The van der Waals surface area contributed by atoms with Gasteiger partial charge < -0.3 is 5.73 Å². The Hall–Kier alpha value is -1.82. The Balaban J connectivity index is 2.16. The first-order valence-electron chi connectivity index (χ1n) is 7.55. The Bertz CT molecular complexity index is 766. The second kappa shape index (κ2) is 6.12. The minimum atomic E-state index is -0.416. The smallest absolute Gasteiger partial charge is 0.262 e. The van der Waals surface area contributed by atoms with E-state index in [1.54, 1.807) is 11.5 Å². The van der Waals surface area contributed by atoms with Gasteiger partial charge >= 0.3 is 0 Å². The molecule has 3 rings (SSSR count). The highest BCUT2D eigenvalue weighted by molar-refractivity contribution is 8.00. The van der Waals surface area contributed by atoms with Crippen LogP contribution in [-0.2, 0) is 4.79 Å². The van der Waals surface area contributed by atoms with Gasteiger partial charge in [0.15, 0.2) is 5.16 Å². The van der Waals surface area contributed by atoms with Gasteiger partial charge in [0, 0.05) is 6.04 Å². The second-order valence-electron chi connectivity index (χ2n) is 5.69. The summed E-state index contributed by atoms with van der Waals surface area (Å²) in [6.07, 6.45) is 4.22. The second-order valence-corrected chi connectivity index (χ2v) is 7.00. The lowest BCUT2D eigenvalue weighted by Crippen LogP contribution is -2.29. The molecule has 0 spiro atoms. The van der Waals surface area contributed by atoms with E-state index >= 15 is 0 Å². The molecule has 5 nitrogen and oxygen atoms in total. The van der Waals surface area contributed by atoms with E-state index in [-0.39, 0.29) is 11.6 Å². The number of hydrogen-bond acceptors (Lipinski definition) is 4. The van der Waals surface area contributed by atoms with Crippen molar-refractivity contribution in [1.29, 1.82) is 0 Å². The molecule has 0 bridgehead atoms. The first-order chi connectivity index (χ1) is 10.6. The van der Waals surface area contributed by atoms with Crippen LogP contribution in [0.4, 0.5) is 0 Å². The molecule has 1 saturated carbocycles. The molecule has 1 aromatic carbocycles. The standard InChI is InChI=1S/C16H19N3O2S/c1-10(14(17)20)22-16-18-13-9-5-4-8-12(13)15(21)19(16)11-6-2-3-7-11/h4-5,8-11H,2-3,6-7H2,1H3,(H2,17,20). The fourth-order valence-electron chi connectivity index (χ4n) is 2.91. The van der Waals surface area contributed by atoms with Crippen LogP contribution in [-0.4, -0.2) is 20.7 Å². The van der Waals surface area contributed by atoms with Crippen molar-refractivity contribution in [2.75, 3.05) is 0 Å². The van der Waals surface area contributed by atoms with Crippen molar-refractivity contribution >= 4 is 28.6 Å². The molecule has 1 atom stereocenters. The number of carbonyl (C=O) groups is 1. The molecule has 22 heavy (non-hydrogen) atoms. The van der Waals surface area contributed by atoms with E-state index < -0.39 is 11.2 Å². The van der Waals surface area contributed by atoms with Crippen LogP contribution in [0.5, 0.6) is 0 Å². The van der Waals surface area contributed by atoms with Crippen molar-refractivity contribution < 1.29 is 4.79 Å². The molecule has 1 heterocycles. The molecule has 6 heteroatoms. The summed E-state index contributed by atoms with van der Waals surface area (Å²) >= 11 is 1.27. The third-order valence-corrected chi connectivity index (χ3v) is 5.23. The maximum absolute atomic E-state index is 12.9. The van der Waals surface area contributed by atoms with E-state index in [0.29, 0.717) is 16.1 Å². The lowest BCUT2D eigenvalue weighted by Gasteiger charge is -2.19. The fraction of sp³-hybridized carbons (Fsp3) is 0.438. The third-order valence-electron chi connectivity index (χ3n) is 4.15. The Morgan fingerprint density at radius 2 is 2.05 bits per heavy atom. The quantitative estimate of drug-likeness (QED) is 0.694. The van der Waals surface area contributed by atoms with Crippen LogP contribution in [0.15, 0.2) is 34.2 Å². The van der Waals surface area contributed by atoms with Crippen LogP contribution in [0, 0.1) is 0 Å². The van der Waals surface area contributed by atoms with Gasteiger partial charge in [-0.2, -0.15) is 0 Å². The molecular formula is C16H19N3O2S. The minimum absolute atomic E-state index is 0.0170. The van der Waals surface area contributed by atoms with Gasteiger partial charge in [-0.3, -0.25) is 14.2 Å². The Labute approximate surface area is 132 Å². The molecule has 2 aromatic rings. The molecule has 1 aliphatic rings. The number of fused-ring (bicyclic) bond motifs is 1. The highest BCUT2D eigenvalue weighted by Crippen LogP contribution is 2.33. The molecule has 2 N–H and O–H groups in total. The number of aromatic nitrogens is 2. The van der Waals surface area contributed by atoms with Crippen molar-refractivity contribution in [2.24, 2.45) is 5.73 Å². The zero-order valence-corrected chi connectivity index (χ0v) is 13.3. The topological polar surface area (TPSA) is 78.0 Å². The molecule has 1 unspecified atom stereocenters. The average molecular weight is 317 g/mol. The van der Waals surface area contributed by atoms with Gasteiger partial charge in [-0.15, -0.1) is 0 Å². The summed E-state index contributed by atoms with van der Waals surface area (Å²) in [5.41, 5.74) is 6.01. The van der Waals surface area contributed by atoms with Gasteiger partial charge in [-0.05, 0) is 31.9 Å². The largest absolute Gasteiger partial charge is 0.369 e. The van der Waals surface area contributed by atoms with Gasteiger partial charge in [-0.1, -0.05) is 36.7 Å². The maximum Gasteiger partial charge on any atom is 0.262 e. The van der Waals surface area contributed by atoms with Crippen LogP contribution in [0.25, 0.3) is 10.9 Å². The summed E-state index contributed by atoms with van der Waals surface area (Å²) in [7, 11) is 0. The number of carbonyl (C=O) groups excluding carboxylic acids is 1. The average Bonchev–Trinajstić information content (AvgIpc) is 3.01. The number of nitrogens with two attached hydrogens (primary N) is 1. The lowest BCUT2D eigenvalue weighted by atomic mass is 10.2. The van der Waals surface area contributed by atoms with E-state index in [9.17, 15) is 9.59 Å². The third kappa shape index (κ3) is 2.75. The summed E-state index contributed by atoms with van der Waals surface area (Å²) in [4.78, 5) is 28.9. The van der Waals surface area contributed by atoms with Gasteiger partial charge in [0.05, 0.1) is 16.2 Å². The normalized spacial score (nSPS) is 17.0. The monoisotopic (exact) mass is 317 g/mol. The van der Waals surface area contributed by atoms with Gasteiger partial charge in [-0.25, -0.2) is 4.98 Å². The Morgan fingerprint density at radius 3 is 2.73 bits per heavy atom. The van der Waals surface area contributed by atoms with Crippen LogP contribution < -0.4 is 11.3 Å². The molecule has 1 fully saturated rings. The summed E-state index contributed by atoms with van der Waals surface area (Å²) in [5.74, 6) is -0.398. The molecule has 1 aromatic heterocycles. The zero-order chi connectivity index (χ0) is 15.7. The number of para-hydroxylation sites is 1. The van der Waals surface area contributed by atoms with Crippen LogP contribution in [0.2, 0.25) is 0 Å². The molecule has 0 aliphatic heterocycles. The van der Waals surface area contributed by atoms with Crippen LogP contribution in [0.3, 0.4) is 0 Å². The van der Waals surface area contributed by atoms with E-state index in [2.05, 4.69) is 4.98 Å². The van der Waals surface area contributed by atoms with Crippen molar-refractivity contribution in [3.63, 3.8) is 0 Å². The zero-order valence-electron chi connectivity index (χ0n) is 12.5. The molecular weight excluding hydrogens is 298 g/mol. The van der Waals surface area contributed by atoms with Gasteiger partial charge in [0.25, 0.3) is 5.56 Å². The number of benzene rings is 1. The predicted molar refractivity (Wildman–Crippen MR) is 88.0 cm³/mol. The molecule has 0 saturated heterocycles. The number of hydrogen-bond donors (Lipinski definition) is 1. The fourth-order valence-corrected chi connectivity index (χ4v) is 3.84. The lowest BCUT2D eigenvalue weighted by molar-refractivity contribution is -0.117. The maximum atomic E-state index is 12.9. The number of thioether (sulfide) groups is 1. The van der Waals surface area contributed by atoms with Gasteiger partial charge in [0.2, 0.25) is 5.91 Å². The van der Waals surface area contributed by atoms with Crippen molar-refractivity contribution in [3.8, 4) is 0 Å². The number of nitrogens with zero attached hydrogens (tertiary/aromatic N) is 2.